The van der Waals surface area contributed by atoms with E-state index in [0.717, 1.165) is 23.7 Å². The van der Waals surface area contributed by atoms with Gasteiger partial charge in [-0.2, -0.15) is 0 Å². The highest BCUT2D eigenvalue weighted by atomic mass is 32.1. The van der Waals surface area contributed by atoms with Crippen molar-refractivity contribution in [2.24, 2.45) is 0 Å². The predicted molar refractivity (Wildman–Crippen MR) is 58.9 cm³/mol. The van der Waals surface area contributed by atoms with Crippen LogP contribution in [0.25, 0.3) is 0 Å². The number of rotatable bonds is 2. The number of hydrogen-bond donors (Lipinski definition) is 2. The van der Waals surface area contributed by atoms with Crippen molar-refractivity contribution in [3.05, 3.63) is 36.0 Å². The van der Waals surface area contributed by atoms with Gasteiger partial charge in [-0.25, -0.2) is 13.6 Å². The zero-order valence-electron chi connectivity index (χ0n) is 8.28. The second-order valence-corrected chi connectivity index (χ2v) is 3.74. The topological polar surface area (TPSA) is 66.9 Å². The molecule has 88 valence electrons. The molecular weight excluding hydrogens is 250 g/mol. The van der Waals surface area contributed by atoms with E-state index in [1.807, 2.05) is 0 Å². The van der Waals surface area contributed by atoms with Crippen LogP contribution in [-0.4, -0.2) is 15.6 Å². The predicted octanol–water partition coefficient (Wildman–Crippen LogP) is 2.46. The Kier molecular flexibility index (Phi) is 3.24. The van der Waals surface area contributed by atoms with Crippen LogP contribution in [0.5, 0.6) is 0 Å². The third-order valence-electron chi connectivity index (χ3n) is 1.80. The lowest BCUT2D eigenvalue weighted by molar-refractivity contribution is 0.262. The SMILES string of the molecule is O=C(Nc1cnns1)Nc1c(F)cccc1F. The molecule has 0 aliphatic carbocycles. The zero-order valence-corrected chi connectivity index (χ0v) is 9.09. The van der Waals surface area contributed by atoms with Crippen molar-refractivity contribution in [3.63, 3.8) is 0 Å². The van der Waals surface area contributed by atoms with Gasteiger partial charge in [-0.1, -0.05) is 10.6 Å². The fourth-order valence-electron chi connectivity index (χ4n) is 1.10. The van der Waals surface area contributed by atoms with E-state index in [-0.39, 0.29) is 0 Å². The third kappa shape index (κ3) is 2.72. The number of benzene rings is 1. The molecule has 2 N–H and O–H groups in total. The van der Waals surface area contributed by atoms with Gasteiger partial charge in [0, 0.05) is 11.5 Å². The molecule has 0 fully saturated rings. The molecule has 1 heterocycles. The summed E-state index contributed by atoms with van der Waals surface area (Å²) in [6.07, 6.45) is 1.32. The van der Waals surface area contributed by atoms with E-state index in [1.54, 1.807) is 0 Å². The molecule has 0 bridgehead atoms. The van der Waals surface area contributed by atoms with Crippen molar-refractivity contribution in [1.29, 1.82) is 0 Å². The first-order valence-electron chi connectivity index (χ1n) is 4.46. The molecule has 0 aliphatic rings. The Morgan fingerprint density at radius 1 is 1.24 bits per heavy atom. The summed E-state index contributed by atoms with van der Waals surface area (Å²) in [6, 6.07) is 2.54. The number of para-hydroxylation sites is 1. The molecule has 0 aliphatic heterocycles. The normalized spacial score (nSPS) is 10.0. The number of anilines is 2. The zero-order chi connectivity index (χ0) is 12.3. The number of carbonyl (C=O) groups excluding carboxylic acids is 1. The molecular formula is C9H6F2N4OS. The quantitative estimate of drug-likeness (QED) is 0.867. The number of aromatic nitrogens is 2. The summed E-state index contributed by atoms with van der Waals surface area (Å²) in [5.41, 5.74) is -0.498. The Morgan fingerprint density at radius 2 is 1.94 bits per heavy atom. The second-order valence-electron chi connectivity index (χ2n) is 2.96. The molecule has 2 rings (SSSR count). The van der Waals surface area contributed by atoms with Crippen molar-refractivity contribution in [3.8, 4) is 0 Å². The minimum absolute atomic E-state index is 0.374. The van der Waals surface area contributed by atoms with Crippen LogP contribution >= 0.6 is 11.5 Å². The molecule has 0 unspecified atom stereocenters. The Hall–Kier alpha value is -2.09. The van der Waals surface area contributed by atoms with E-state index in [0.29, 0.717) is 5.00 Å². The van der Waals surface area contributed by atoms with Gasteiger partial charge in [-0.3, -0.25) is 5.32 Å². The maximum Gasteiger partial charge on any atom is 0.324 e. The van der Waals surface area contributed by atoms with E-state index < -0.39 is 23.4 Å². The van der Waals surface area contributed by atoms with Crippen LogP contribution in [0.3, 0.4) is 0 Å². The minimum Gasteiger partial charge on any atom is -0.303 e. The first-order valence-corrected chi connectivity index (χ1v) is 5.23. The van der Waals surface area contributed by atoms with Crippen molar-refractivity contribution in [2.45, 2.75) is 0 Å². The molecule has 0 atom stereocenters. The van der Waals surface area contributed by atoms with E-state index in [1.165, 1.54) is 12.3 Å². The smallest absolute Gasteiger partial charge is 0.303 e. The lowest BCUT2D eigenvalue weighted by Crippen LogP contribution is -2.20. The Labute approximate surface area is 98.6 Å². The van der Waals surface area contributed by atoms with Gasteiger partial charge >= 0.3 is 6.03 Å². The highest BCUT2D eigenvalue weighted by molar-refractivity contribution is 7.10. The van der Waals surface area contributed by atoms with Gasteiger partial charge in [0.05, 0.1) is 6.20 Å². The number of nitrogens with one attached hydrogen (secondary N) is 2. The number of amides is 2. The van der Waals surface area contributed by atoms with E-state index in [9.17, 15) is 13.6 Å². The van der Waals surface area contributed by atoms with Crippen LogP contribution in [0.4, 0.5) is 24.3 Å². The average molecular weight is 256 g/mol. The molecule has 2 amide bonds. The highest BCUT2D eigenvalue weighted by Gasteiger charge is 2.12. The van der Waals surface area contributed by atoms with Gasteiger partial charge in [0.15, 0.2) is 0 Å². The average Bonchev–Trinajstić information content (AvgIpc) is 2.76. The number of nitrogens with zero attached hydrogens (tertiary/aromatic N) is 2. The van der Waals surface area contributed by atoms with Crippen LogP contribution in [0.2, 0.25) is 0 Å². The molecule has 2 aromatic rings. The molecule has 0 saturated carbocycles. The van der Waals surface area contributed by atoms with Crippen molar-refractivity contribution < 1.29 is 13.6 Å². The van der Waals surface area contributed by atoms with Gasteiger partial charge in [-0.15, -0.1) is 5.10 Å². The van der Waals surface area contributed by atoms with E-state index in [4.69, 9.17) is 0 Å². The van der Waals surface area contributed by atoms with Crippen molar-refractivity contribution in [2.75, 3.05) is 10.6 Å². The van der Waals surface area contributed by atoms with E-state index >= 15 is 0 Å². The van der Waals surface area contributed by atoms with Gasteiger partial charge in [0.1, 0.15) is 22.3 Å². The summed E-state index contributed by atoms with van der Waals surface area (Å²) < 4.78 is 29.9. The van der Waals surface area contributed by atoms with Crippen LogP contribution in [0.1, 0.15) is 0 Å². The number of hydrogen-bond acceptors (Lipinski definition) is 4. The van der Waals surface area contributed by atoms with Crippen molar-refractivity contribution >= 4 is 28.3 Å². The Bertz CT molecular complexity index is 512. The molecule has 1 aromatic carbocycles. The summed E-state index contributed by atoms with van der Waals surface area (Å²) in [6.45, 7) is 0. The maximum absolute atomic E-state index is 13.2. The highest BCUT2D eigenvalue weighted by Crippen LogP contribution is 2.18. The number of urea groups is 1. The summed E-state index contributed by atoms with van der Waals surface area (Å²) in [5.74, 6) is -1.69. The number of halogens is 2. The fraction of sp³-hybridized carbons (Fsp3) is 0. The monoisotopic (exact) mass is 256 g/mol. The van der Waals surface area contributed by atoms with Crippen LogP contribution in [-0.2, 0) is 0 Å². The van der Waals surface area contributed by atoms with Crippen molar-refractivity contribution in [1.82, 2.24) is 9.59 Å². The lowest BCUT2D eigenvalue weighted by atomic mass is 10.3. The van der Waals surface area contributed by atoms with Gasteiger partial charge < -0.3 is 5.32 Å². The molecule has 0 saturated heterocycles. The molecule has 8 heteroatoms. The van der Waals surface area contributed by atoms with Gasteiger partial charge in [0.25, 0.3) is 0 Å². The molecule has 0 radical (unpaired) electrons. The van der Waals surface area contributed by atoms with E-state index in [2.05, 4.69) is 20.2 Å². The summed E-state index contributed by atoms with van der Waals surface area (Å²) >= 11 is 0.950. The summed E-state index contributed by atoms with van der Waals surface area (Å²) in [4.78, 5) is 11.4. The Balaban J connectivity index is 2.08. The standard InChI is InChI=1S/C9H6F2N4OS/c10-5-2-1-3-6(11)8(5)14-9(16)13-7-4-12-15-17-7/h1-4H,(H2,13,14,16). The molecule has 1 aromatic heterocycles. The van der Waals surface area contributed by atoms with Crippen LogP contribution < -0.4 is 10.6 Å². The maximum atomic E-state index is 13.2. The van der Waals surface area contributed by atoms with Crippen LogP contribution in [0.15, 0.2) is 24.4 Å². The third-order valence-corrected chi connectivity index (χ3v) is 2.38. The largest absolute Gasteiger partial charge is 0.324 e. The first kappa shape index (κ1) is 11.4. The summed E-state index contributed by atoms with van der Waals surface area (Å²) in [5, 5.41) is 8.27. The molecule has 0 spiro atoms. The number of carbonyl (C=O) groups is 1. The molecule has 17 heavy (non-hydrogen) atoms. The first-order chi connectivity index (χ1) is 8.16. The fourth-order valence-corrected chi connectivity index (χ4v) is 1.51. The summed E-state index contributed by atoms with van der Waals surface area (Å²) in [7, 11) is 0. The minimum atomic E-state index is -0.845. The van der Waals surface area contributed by atoms with Crippen LogP contribution in [0, 0.1) is 11.6 Å². The van der Waals surface area contributed by atoms with Gasteiger partial charge in [-0.05, 0) is 12.1 Å². The lowest BCUT2D eigenvalue weighted by Gasteiger charge is -2.07. The van der Waals surface area contributed by atoms with Gasteiger partial charge in [0.2, 0.25) is 0 Å². The Morgan fingerprint density at radius 3 is 2.53 bits per heavy atom. The second kappa shape index (κ2) is 4.83. The molecule has 5 nitrogen and oxygen atoms in total.